The van der Waals surface area contributed by atoms with Crippen molar-refractivity contribution in [1.82, 2.24) is 15.6 Å². The van der Waals surface area contributed by atoms with Crippen LogP contribution in [0.15, 0.2) is 18.3 Å². The van der Waals surface area contributed by atoms with Crippen LogP contribution in [0.1, 0.15) is 50.5 Å². The Balaban J connectivity index is 1.42. The van der Waals surface area contributed by atoms with Gasteiger partial charge in [0.25, 0.3) is 0 Å². The normalized spacial score (nSPS) is 19.2. The number of carbonyl (C=O) groups is 1. The Hall–Kier alpha value is -1.62. The van der Waals surface area contributed by atoms with E-state index in [4.69, 9.17) is 0 Å². The van der Waals surface area contributed by atoms with E-state index < -0.39 is 0 Å². The number of aromatic nitrogens is 1. The van der Waals surface area contributed by atoms with Gasteiger partial charge in [-0.3, -0.25) is 4.79 Å². The summed E-state index contributed by atoms with van der Waals surface area (Å²) in [7, 11) is 0. The summed E-state index contributed by atoms with van der Waals surface area (Å²) in [5, 5.41) is 6.44. The minimum Gasteiger partial charge on any atom is -0.357 e. The van der Waals surface area contributed by atoms with Gasteiger partial charge in [0, 0.05) is 32.3 Å². The Labute approximate surface area is 145 Å². The number of hydrogen-bond acceptors (Lipinski definition) is 4. The number of carbonyl (C=O) groups excluding carboxylic acids is 1. The van der Waals surface area contributed by atoms with Crippen LogP contribution in [-0.2, 0) is 11.3 Å². The molecule has 0 radical (unpaired) electrons. The molecule has 1 aromatic heterocycles. The zero-order chi connectivity index (χ0) is 16.6. The first-order valence-corrected chi connectivity index (χ1v) is 9.48. The molecule has 2 fully saturated rings. The summed E-state index contributed by atoms with van der Waals surface area (Å²) in [5.74, 6) is 1.93. The quantitative estimate of drug-likeness (QED) is 0.841. The lowest BCUT2D eigenvalue weighted by atomic mass is 9.93. The van der Waals surface area contributed by atoms with Gasteiger partial charge in [-0.15, -0.1) is 0 Å². The van der Waals surface area contributed by atoms with Crippen molar-refractivity contribution in [3.8, 4) is 0 Å². The highest BCUT2D eigenvalue weighted by molar-refractivity contribution is 5.75. The average Bonchev–Trinajstić information content (AvgIpc) is 2.66. The second-order valence-corrected chi connectivity index (χ2v) is 7.08. The standard InChI is InChI=1S/C19H30N4O/c24-19(5-4-16-6-9-20-10-7-16)22-15-17-8-11-21-18(14-17)23-12-2-1-3-13-23/h8,11,14,16,20H,1-7,9-10,12-13,15H2,(H,22,24). The van der Waals surface area contributed by atoms with Crippen LogP contribution >= 0.6 is 0 Å². The predicted octanol–water partition coefficient (Wildman–Crippen LogP) is 2.47. The first-order valence-electron chi connectivity index (χ1n) is 9.48. The Morgan fingerprint density at radius 1 is 1.25 bits per heavy atom. The highest BCUT2D eigenvalue weighted by Gasteiger charge is 2.15. The SMILES string of the molecule is O=C(CCC1CCNCC1)NCc1ccnc(N2CCCCC2)c1. The van der Waals surface area contributed by atoms with Gasteiger partial charge in [-0.05, 0) is 75.2 Å². The van der Waals surface area contributed by atoms with Crippen LogP contribution in [0, 0.1) is 5.92 Å². The number of hydrogen-bond donors (Lipinski definition) is 2. The molecule has 1 aromatic rings. The van der Waals surface area contributed by atoms with E-state index in [1.54, 1.807) is 0 Å². The number of rotatable bonds is 6. The average molecular weight is 330 g/mol. The van der Waals surface area contributed by atoms with Crippen LogP contribution in [0.5, 0.6) is 0 Å². The summed E-state index contributed by atoms with van der Waals surface area (Å²) >= 11 is 0. The molecule has 2 aliphatic heterocycles. The lowest BCUT2D eigenvalue weighted by Crippen LogP contribution is -2.30. The highest BCUT2D eigenvalue weighted by Crippen LogP contribution is 2.19. The van der Waals surface area contributed by atoms with Crippen LogP contribution in [0.3, 0.4) is 0 Å². The largest absolute Gasteiger partial charge is 0.357 e. The summed E-state index contributed by atoms with van der Waals surface area (Å²) in [4.78, 5) is 18.9. The number of amides is 1. The lowest BCUT2D eigenvalue weighted by Gasteiger charge is -2.27. The van der Waals surface area contributed by atoms with Crippen molar-refractivity contribution in [3.63, 3.8) is 0 Å². The van der Waals surface area contributed by atoms with Gasteiger partial charge in [-0.2, -0.15) is 0 Å². The van der Waals surface area contributed by atoms with Gasteiger partial charge in [0.05, 0.1) is 0 Å². The molecule has 132 valence electrons. The molecule has 0 aliphatic carbocycles. The predicted molar refractivity (Wildman–Crippen MR) is 97.0 cm³/mol. The summed E-state index contributed by atoms with van der Waals surface area (Å²) in [6.45, 7) is 5.00. The molecule has 5 nitrogen and oxygen atoms in total. The molecule has 2 saturated heterocycles. The molecule has 2 N–H and O–H groups in total. The van der Waals surface area contributed by atoms with E-state index in [0.717, 1.165) is 44.0 Å². The number of piperidine rings is 2. The van der Waals surface area contributed by atoms with Crippen LogP contribution in [-0.4, -0.2) is 37.1 Å². The third-order valence-electron chi connectivity index (χ3n) is 5.22. The van der Waals surface area contributed by atoms with E-state index in [1.807, 2.05) is 12.3 Å². The summed E-state index contributed by atoms with van der Waals surface area (Å²) in [5.41, 5.74) is 1.14. The number of nitrogens with one attached hydrogen (secondary N) is 2. The van der Waals surface area contributed by atoms with Crippen molar-refractivity contribution in [1.29, 1.82) is 0 Å². The zero-order valence-electron chi connectivity index (χ0n) is 14.6. The van der Waals surface area contributed by atoms with Gasteiger partial charge in [0.1, 0.15) is 5.82 Å². The Morgan fingerprint density at radius 3 is 2.83 bits per heavy atom. The number of pyridine rings is 1. The molecule has 3 rings (SSSR count). The first kappa shape index (κ1) is 17.2. The van der Waals surface area contributed by atoms with Gasteiger partial charge in [0.2, 0.25) is 5.91 Å². The van der Waals surface area contributed by atoms with Crippen molar-refractivity contribution in [2.45, 2.75) is 51.5 Å². The summed E-state index contributed by atoms with van der Waals surface area (Å²) < 4.78 is 0. The van der Waals surface area contributed by atoms with E-state index >= 15 is 0 Å². The third-order valence-corrected chi connectivity index (χ3v) is 5.22. The minimum absolute atomic E-state index is 0.171. The number of anilines is 1. The molecule has 0 bridgehead atoms. The van der Waals surface area contributed by atoms with Crippen molar-refractivity contribution in [3.05, 3.63) is 23.9 Å². The molecule has 5 heteroatoms. The number of nitrogens with zero attached hydrogens (tertiary/aromatic N) is 2. The van der Waals surface area contributed by atoms with Gasteiger partial charge < -0.3 is 15.5 Å². The lowest BCUT2D eigenvalue weighted by molar-refractivity contribution is -0.121. The topological polar surface area (TPSA) is 57.3 Å². The summed E-state index contributed by atoms with van der Waals surface area (Å²) in [6.07, 6.45) is 9.76. The molecule has 0 atom stereocenters. The fourth-order valence-corrected chi connectivity index (χ4v) is 3.66. The molecule has 24 heavy (non-hydrogen) atoms. The van der Waals surface area contributed by atoms with Gasteiger partial charge >= 0.3 is 0 Å². The van der Waals surface area contributed by atoms with Crippen LogP contribution in [0.25, 0.3) is 0 Å². The van der Waals surface area contributed by atoms with Gasteiger partial charge in [0.15, 0.2) is 0 Å². The Bertz CT molecular complexity index is 522. The first-order chi connectivity index (χ1) is 11.8. The molecule has 2 aliphatic rings. The second-order valence-electron chi connectivity index (χ2n) is 7.08. The highest BCUT2D eigenvalue weighted by atomic mass is 16.1. The van der Waals surface area contributed by atoms with Gasteiger partial charge in [-0.1, -0.05) is 0 Å². The van der Waals surface area contributed by atoms with Crippen LogP contribution in [0.4, 0.5) is 5.82 Å². The van der Waals surface area contributed by atoms with Crippen molar-refractivity contribution in [2.75, 3.05) is 31.1 Å². The van der Waals surface area contributed by atoms with Crippen molar-refractivity contribution >= 4 is 11.7 Å². The second kappa shape index (κ2) is 9.02. The fourth-order valence-electron chi connectivity index (χ4n) is 3.66. The Kier molecular flexibility index (Phi) is 6.47. The molecule has 0 spiro atoms. The van der Waals surface area contributed by atoms with E-state index in [0.29, 0.717) is 18.9 Å². The molecule has 0 saturated carbocycles. The van der Waals surface area contributed by atoms with Crippen molar-refractivity contribution in [2.24, 2.45) is 5.92 Å². The summed E-state index contributed by atoms with van der Waals surface area (Å²) in [6, 6.07) is 4.12. The maximum atomic E-state index is 12.1. The van der Waals surface area contributed by atoms with E-state index in [2.05, 4.69) is 26.6 Å². The van der Waals surface area contributed by atoms with E-state index in [-0.39, 0.29) is 5.91 Å². The van der Waals surface area contributed by atoms with E-state index in [1.165, 1.54) is 32.1 Å². The maximum Gasteiger partial charge on any atom is 0.220 e. The molecular weight excluding hydrogens is 300 g/mol. The van der Waals surface area contributed by atoms with Gasteiger partial charge in [-0.25, -0.2) is 4.98 Å². The smallest absolute Gasteiger partial charge is 0.220 e. The Morgan fingerprint density at radius 2 is 2.04 bits per heavy atom. The fraction of sp³-hybridized carbons (Fsp3) is 0.684. The van der Waals surface area contributed by atoms with Crippen LogP contribution in [0.2, 0.25) is 0 Å². The molecule has 1 amide bonds. The van der Waals surface area contributed by atoms with Crippen molar-refractivity contribution < 1.29 is 4.79 Å². The molecule has 3 heterocycles. The zero-order valence-corrected chi connectivity index (χ0v) is 14.6. The molecule has 0 aromatic carbocycles. The molecule has 0 unspecified atom stereocenters. The third kappa shape index (κ3) is 5.20. The monoisotopic (exact) mass is 330 g/mol. The minimum atomic E-state index is 0.171. The van der Waals surface area contributed by atoms with E-state index in [9.17, 15) is 4.79 Å². The van der Waals surface area contributed by atoms with Crippen LogP contribution < -0.4 is 15.5 Å². The molecular formula is C19H30N4O. The maximum absolute atomic E-state index is 12.1.